The van der Waals surface area contributed by atoms with E-state index < -0.39 is 5.24 Å². The van der Waals surface area contributed by atoms with Crippen LogP contribution in [0.1, 0.15) is 6.92 Å². The van der Waals surface area contributed by atoms with E-state index in [4.69, 9.17) is 11.6 Å². The number of nitrogens with one attached hydrogen (secondary N) is 1. The highest BCUT2D eigenvalue weighted by molar-refractivity contribution is 6.67. The first-order valence-corrected chi connectivity index (χ1v) is 3.40. The van der Waals surface area contributed by atoms with Gasteiger partial charge in [0.2, 0.25) is 0 Å². The number of nitrogens with zero attached hydrogens (tertiary/aromatic N) is 1. The lowest BCUT2D eigenvalue weighted by atomic mass is 10.3. The molecule has 1 aliphatic rings. The second kappa shape index (κ2) is 2.60. The van der Waals surface area contributed by atoms with E-state index in [1.807, 2.05) is 6.92 Å². The molecule has 56 valence electrons. The lowest BCUT2D eigenvalue weighted by Gasteiger charge is -2.13. The molecule has 0 fully saturated rings. The molecule has 10 heavy (non-hydrogen) atoms. The number of carbonyl (C=O) groups is 1. The largest absolute Gasteiger partial charge is 0.307 e. The van der Waals surface area contributed by atoms with Crippen LogP contribution in [0, 0.1) is 0 Å². The molecule has 1 unspecified atom stereocenters. The monoisotopic (exact) mass is 160 g/mol. The van der Waals surface area contributed by atoms with Gasteiger partial charge in [-0.2, -0.15) is 0 Å². The van der Waals surface area contributed by atoms with Crippen LogP contribution in [0.5, 0.6) is 0 Å². The highest BCUT2D eigenvalue weighted by Gasteiger charge is 2.19. The Bertz CT molecular complexity index is 190. The molecule has 0 aromatic heterocycles. The molecule has 0 aromatic carbocycles. The van der Waals surface area contributed by atoms with Crippen LogP contribution in [0.4, 0.5) is 0 Å². The predicted molar refractivity (Wildman–Crippen MR) is 39.3 cm³/mol. The van der Waals surface area contributed by atoms with Crippen LogP contribution in [0.3, 0.4) is 0 Å². The first-order valence-electron chi connectivity index (χ1n) is 3.03. The molecule has 3 nitrogen and oxygen atoms in total. The quantitative estimate of drug-likeness (QED) is 0.567. The maximum absolute atomic E-state index is 10.6. The van der Waals surface area contributed by atoms with Gasteiger partial charge in [0.05, 0.1) is 0 Å². The SMILES string of the molecule is CC1C=C(C(=O)Cl)N(C)N1. The second-order valence-corrected chi connectivity index (χ2v) is 2.65. The minimum atomic E-state index is -0.417. The number of allylic oxidation sites excluding steroid dienone is 1. The summed E-state index contributed by atoms with van der Waals surface area (Å²) >= 11 is 5.26. The van der Waals surface area contributed by atoms with Crippen molar-refractivity contribution in [3.8, 4) is 0 Å². The minimum Gasteiger partial charge on any atom is -0.307 e. The van der Waals surface area contributed by atoms with E-state index in [2.05, 4.69) is 5.43 Å². The Kier molecular flexibility index (Phi) is 1.97. The van der Waals surface area contributed by atoms with Crippen LogP contribution in [0.25, 0.3) is 0 Å². The number of hydrogen-bond donors (Lipinski definition) is 1. The summed E-state index contributed by atoms with van der Waals surface area (Å²) in [7, 11) is 1.76. The molecule has 0 aliphatic carbocycles. The molecule has 1 rings (SSSR count). The molecule has 0 bridgehead atoms. The van der Waals surface area contributed by atoms with Crippen LogP contribution in [0.2, 0.25) is 0 Å². The van der Waals surface area contributed by atoms with Crippen molar-refractivity contribution in [2.75, 3.05) is 7.05 Å². The van der Waals surface area contributed by atoms with Crippen molar-refractivity contribution in [1.82, 2.24) is 10.4 Å². The van der Waals surface area contributed by atoms with Crippen molar-refractivity contribution in [1.29, 1.82) is 0 Å². The summed E-state index contributed by atoms with van der Waals surface area (Å²) in [6.45, 7) is 1.95. The zero-order valence-corrected chi connectivity index (χ0v) is 6.64. The van der Waals surface area contributed by atoms with E-state index in [1.165, 1.54) is 0 Å². The van der Waals surface area contributed by atoms with E-state index in [-0.39, 0.29) is 6.04 Å². The van der Waals surface area contributed by atoms with Crippen LogP contribution < -0.4 is 5.43 Å². The van der Waals surface area contributed by atoms with E-state index in [9.17, 15) is 4.79 Å². The standard InChI is InChI=1S/C6H9ClN2O/c1-4-3-5(6(7)10)9(2)8-4/h3-4,8H,1-2H3. The number of hydrogen-bond acceptors (Lipinski definition) is 3. The number of carbonyl (C=O) groups excluding carboxylic acids is 1. The molecule has 1 aliphatic heterocycles. The molecule has 0 amide bonds. The van der Waals surface area contributed by atoms with Crippen molar-refractivity contribution in [3.05, 3.63) is 11.8 Å². The summed E-state index contributed by atoms with van der Waals surface area (Å²) in [6, 6.07) is 0.197. The van der Waals surface area contributed by atoms with Crippen molar-refractivity contribution in [2.24, 2.45) is 0 Å². The van der Waals surface area contributed by atoms with E-state index in [1.54, 1.807) is 18.1 Å². The zero-order chi connectivity index (χ0) is 7.72. The van der Waals surface area contributed by atoms with Crippen molar-refractivity contribution >= 4 is 16.8 Å². The van der Waals surface area contributed by atoms with Crippen LogP contribution in [-0.4, -0.2) is 23.3 Å². The van der Waals surface area contributed by atoms with Crippen LogP contribution >= 0.6 is 11.6 Å². The highest BCUT2D eigenvalue weighted by atomic mass is 35.5. The van der Waals surface area contributed by atoms with E-state index in [0.717, 1.165) is 0 Å². The Morgan fingerprint density at radius 3 is 2.70 bits per heavy atom. The van der Waals surface area contributed by atoms with Gasteiger partial charge in [-0.05, 0) is 24.6 Å². The fourth-order valence-corrected chi connectivity index (χ4v) is 1.15. The Labute approximate surface area is 64.6 Å². The molecule has 4 heteroatoms. The maximum Gasteiger partial charge on any atom is 0.269 e. The molecule has 0 spiro atoms. The summed E-state index contributed by atoms with van der Waals surface area (Å²) in [5.41, 5.74) is 3.51. The summed E-state index contributed by atoms with van der Waals surface area (Å²) in [4.78, 5) is 10.6. The average molecular weight is 161 g/mol. The third-order valence-corrected chi connectivity index (χ3v) is 1.56. The number of halogens is 1. The molecule has 0 saturated heterocycles. The van der Waals surface area contributed by atoms with Crippen LogP contribution in [-0.2, 0) is 4.79 Å². The summed E-state index contributed by atoms with van der Waals surface area (Å²) < 4.78 is 0. The predicted octanol–water partition coefficient (Wildman–Crippen LogP) is 0.474. The molecule has 1 heterocycles. The van der Waals surface area contributed by atoms with Crippen LogP contribution in [0.15, 0.2) is 11.8 Å². The second-order valence-electron chi connectivity index (χ2n) is 2.30. The molecule has 1 N–H and O–H groups in total. The van der Waals surface area contributed by atoms with Gasteiger partial charge in [0.15, 0.2) is 0 Å². The molecule has 0 radical (unpaired) electrons. The van der Waals surface area contributed by atoms with Crippen molar-refractivity contribution in [3.63, 3.8) is 0 Å². The Morgan fingerprint density at radius 2 is 2.50 bits per heavy atom. The van der Waals surface area contributed by atoms with Gasteiger partial charge in [-0.15, -0.1) is 0 Å². The first-order chi connectivity index (χ1) is 4.61. The molecular formula is C6H9ClN2O. The van der Waals surface area contributed by atoms with Crippen molar-refractivity contribution in [2.45, 2.75) is 13.0 Å². The number of rotatable bonds is 1. The Morgan fingerprint density at radius 1 is 1.90 bits per heavy atom. The lowest BCUT2D eigenvalue weighted by molar-refractivity contribution is -0.109. The Hall–Kier alpha value is -0.540. The molecule has 0 aromatic rings. The first kappa shape index (κ1) is 7.57. The molecule has 0 saturated carbocycles. The van der Waals surface area contributed by atoms with E-state index >= 15 is 0 Å². The van der Waals surface area contributed by atoms with Gasteiger partial charge in [-0.3, -0.25) is 4.79 Å². The topological polar surface area (TPSA) is 32.3 Å². The van der Waals surface area contributed by atoms with Gasteiger partial charge < -0.3 is 5.01 Å². The maximum atomic E-state index is 10.6. The third-order valence-electron chi connectivity index (χ3n) is 1.37. The van der Waals surface area contributed by atoms with Gasteiger partial charge in [-0.25, -0.2) is 5.43 Å². The van der Waals surface area contributed by atoms with Gasteiger partial charge in [0.1, 0.15) is 5.70 Å². The third kappa shape index (κ3) is 1.30. The van der Waals surface area contributed by atoms with Gasteiger partial charge >= 0.3 is 0 Å². The highest BCUT2D eigenvalue weighted by Crippen LogP contribution is 2.11. The fourth-order valence-electron chi connectivity index (χ4n) is 0.958. The smallest absolute Gasteiger partial charge is 0.269 e. The number of hydrazine groups is 1. The lowest BCUT2D eigenvalue weighted by Crippen LogP contribution is -2.33. The normalized spacial score (nSPS) is 24.9. The van der Waals surface area contributed by atoms with Gasteiger partial charge in [0.25, 0.3) is 5.24 Å². The van der Waals surface area contributed by atoms with Gasteiger partial charge in [0, 0.05) is 13.1 Å². The zero-order valence-electron chi connectivity index (χ0n) is 5.89. The minimum absolute atomic E-state index is 0.197. The molecule has 1 atom stereocenters. The van der Waals surface area contributed by atoms with Gasteiger partial charge in [-0.1, -0.05) is 0 Å². The van der Waals surface area contributed by atoms with Crippen molar-refractivity contribution < 1.29 is 4.79 Å². The number of likely N-dealkylation sites (N-methyl/N-ethyl adjacent to an activating group) is 1. The average Bonchev–Trinajstić information content (AvgIpc) is 2.10. The van der Waals surface area contributed by atoms with E-state index in [0.29, 0.717) is 5.70 Å². The molecular weight excluding hydrogens is 152 g/mol. The fraction of sp³-hybridized carbons (Fsp3) is 0.500. The summed E-state index contributed by atoms with van der Waals surface area (Å²) in [5.74, 6) is 0. The Balaban J connectivity index is 2.75. The summed E-state index contributed by atoms with van der Waals surface area (Å²) in [6.07, 6.45) is 1.79. The summed E-state index contributed by atoms with van der Waals surface area (Å²) in [5, 5.41) is 1.21.